The van der Waals surface area contributed by atoms with Gasteiger partial charge in [-0.1, -0.05) is 17.7 Å². The normalized spacial score (nSPS) is 11.4. The minimum Gasteiger partial charge on any atom is -0.481 e. The van der Waals surface area contributed by atoms with Gasteiger partial charge < -0.3 is 10.1 Å². The summed E-state index contributed by atoms with van der Waals surface area (Å²) < 4.78 is 1.81. The number of carboxylic acids is 1. The molecule has 0 radical (unpaired) electrons. The minimum atomic E-state index is -0.878. The molecular weight excluding hydrogens is 242 g/mol. The molecule has 17 heavy (non-hydrogen) atoms. The average molecular weight is 250 g/mol. The number of carboxylic acid groups (broad SMARTS) is 1. The molecule has 0 unspecified atom stereocenters. The van der Waals surface area contributed by atoms with Gasteiger partial charge in [0.05, 0.1) is 17.0 Å². The molecule has 2 aromatic heterocycles. The first kappa shape index (κ1) is 10.2. The van der Waals surface area contributed by atoms with E-state index >= 15 is 0 Å². The maximum atomic E-state index is 10.6. The number of nitrogens with one attached hydrogen (secondary N) is 1. The topological polar surface area (TPSA) is 70.4 Å². The highest BCUT2D eigenvalue weighted by Crippen LogP contribution is 2.23. The molecule has 0 amide bonds. The van der Waals surface area contributed by atoms with Crippen molar-refractivity contribution in [3.05, 3.63) is 35.1 Å². The quantitative estimate of drug-likeness (QED) is 0.731. The first-order chi connectivity index (χ1) is 8.15. The van der Waals surface area contributed by atoms with Crippen LogP contribution in [0.4, 0.5) is 0 Å². The van der Waals surface area contributed by atoms with E-state index in [4.69, 9.17) is 16.7 Å². The Hall–Kier alpha value is -2.01. The van der Waals surface area contributed by atoms with Crippen LogP contribution >= 0.6 is 11.6 Å². The van der Waals surface area contributed by atoms with Crippen LogP contribution in [0.25, 0.3) is 16.8 Å². The number of hydrogen-bond acceptors (Lipinski definition) is 2. The summed E-state index contributed by atoms with van der Waals surface area (Å²) in [5.41, 5.74) is 2.18. The lowest BCUT2D eigenvalue weighted by Crippen LogP contribution is -1.99. The Morgan fingerprint density at radius 1 is 1.53 bits per heavy atom. The lowest BCUT2D eigenvalue weighted by Gasteiger charge is -1.92. The van der Waals surface area contributed by atoms with Crippen molar-refractivity contribution in [1.29, 1.82) is 0 Å². The molecule has 0 aliphatic carbocycles. The summed E-state index contributed by atoms with van der Waals surface area (Å²) in [6.07, 6.45) is 1.68. The van der Waals surface area contributed by atoms with E-state index in [1.807, 2.05) is 12.1 Å². The first-order valence-corrected chi connectivity index (χ1v) is 5.39. The summed E-state index contributed by atoms with van der Waals surface area (Å²) in [5.74, 6) is -0.277. The van der Waals surface area contributed by atoms with Crippen molar-refractivity contribution in [2.45, 2.75) is 6.42 Å². The van der Waals surface area contributed by atoms with E-state index in [2.05, 4.69) is 9.97 Å². The monoisotopic (exact) mass is 249 g/mol. The van der Waals surface area contributed by atoms with Gasteiger partial charge in [-0.15, -0.1) is 0 Å². The second-order valence-corrected chi connectivity index (χ2v) is 4.17. The van der Waals surface area contributed by atoms with Gasteiger partial charge in [0.15, 0.2) is 0 Å². The van der Waals surface area contributed by atoms with Crippen LogP contribution < -0.4 is 0 Å². The molecule has 0 bridgehead atoms. The summed E-state index contributed by atoms with van der Waals surface area (Å²) in [6, 6.07) is 5.50. The van der Waals surface area contributed by atoms with Gasteiger partial charge in [0.2, 0.25) is 5.78 Å². The van der Waals surface area contributed by atoms with Gasteiger partial charge in [0.25, 0.3) is 0 Å². The summed E-state index contributed by atoms with van der Waals surface area (Å²) in [6.45, 7) is 0. The number of aliphatic carboxylic acids is 1. The van der Waals surface area contributed by atoms with E-state index in [1.54, 1.807) is 16.7 Å². The van der Waals surface area contributed by atoms with Crippen molar-refractivity contribution in [2.24, 2.45) is 0 Å². The van der Waals surface area contributed by atoms with Crippen molar-refractivity contribution in [2.75, 3.05) is 0 Å². The standard InChI is InChI=1S/C11H8ClN3O2/c12-7-2-1-3-8-10(7)14-11-13-6(4-9(16)17)5-15(8)11/h1-3,5H,4H2,(H,13,14)(H,16,17). The zero-order valence-corrected chi connectivity index (χ0v) is 9.40. The van der Waals surface area contributed by atoms with Crippen LogP contribution in [0, 0.1) is 0 Å². The number of nitrogens with zero attached hydrogens (tertiary/aromatic N) is 2. The molecule has 0 fully saturated rings. The Morgan fingerprint density at radius 2 is 2.35 bits per heavy atom. The van der Waals surface area contributed by atoms with E-state index in [0.717, 1.165) is 5.52 Å². The number of hydrogen-bond donors (Lipinski definition) is 2. The Balaban J connectivity index is 2.25. The molecule has 6 heteroatoms. The summed E-state index contributed by atoms with van der Waals surface area (Å²) in [7, 11) is 0. The van der Waals surface area contributed by atoms with Gasteiger partial charge >= 0.3 is 5.97 Å². The van der Waals surface area contributed by atoms with E-state index in [9.17, 15) is 4.79 Å². The lowest BCUT2D eigenvalue weighted by molar-refractivity contribution is -0.136. The molecular formula is C11H8ClN3O2. The van der Waals surface area contributed by atoms with Crippen LogP contribution in [0.5, 0.6) is 0 Å². The molecule has 0 aliphatic rings. The van der Waals surface area contributed by atoms with Gasteiger partial charge in [-0.2, -0.15) is 0 Å². The molecule has 0 atom stereocenters. The van der Waals surface area contributed by atoms with Crippen LogP contribution in [0.1, 0.15) is 5.69 Å². The summed E-state index contributed by atoms with van der Waals surface area (Å²) in [5, 5.41) is 9.30. The third-order valence-electron chi connectivity index (χ3n) is 2.57. The largest absolute Gasteiger partial charge is 0.481 e. The molecule has 5 nitrogen and oxygen atoms in total. The van der Waals surface area contributed by atoms with E-state index < -0.39 is 5.97 Å². The van der Waals surface area contributed by atoms with Crippen LogP contribution in [0.3, 0.4) is 0 Å². The van der Waals surface area contributed by atoms with Crippen LogP contribution in [-0.4, -0.2) is 25.4 Å². The molecule has 3 rings (SSSR count). The zero-order valence-electron chi connectivity index (χ0n) is 8.64. The molecule has 0 saturated heterocycles. The molecule has 1 aromatic carbocycles. The number of imidazole rings is 2. The maximum absolute atomic E-state index is 10.6. The van der Waals surface area contributed by atoms with Crippen molar-refractivity contribution in [3.63, 3.8) is 0 Å². The number of rotatable bonds is 2. The Kier molecular flexibility index (Phi) is 2.09. The van der Waals surface area contributed by atoms with Gasteiger partial charge in [-0.3, -0.25) is 9.20 Å². The van der Waals surface area contributed by atoms with Gasteiger partial charge in [-0.05, 0) is 12.1 Å². The lowest BCUT2D eigenvalue weighted by atomic mass is 10.3. The molecule has 0 aliphatic heterocycles. The Morgan fingerprint density at radius 3 is 3.12 bits per heavy atom. The van der Waals surface area contributed by atoms with E-state index in [1.165, 1.54) is 0 Å². The van der Waals surface area contributed by atoms with Crippen molar-refractivity contribution < 1.29 is 9.90 Å². The van der Waals surface area contributed by atoms with Gasteiger partial charge in [0, 0.05) is 11.9 Å². The molecule has 2 heterocycles. The molecule has 0 saturated carbocycles. The smallest absolute Gasteiger partial charge is 0.309 e. The van der Waals surface area contributed by atoms with Crippen molar-refractivity contribution >= 4 is 34.4 Å². The third kappa shape index (κ3) is 1.55. The SMILES string of the molecule is O=C(O)Cc1cn2c(nc3c(Cl)cccc32)[nH]1. The number of H-pyrrole nitrogens is 1. The van der Waals surface area contributed by atoms with Crippen LogP contribution in [-0.2, 0) is 11.2 Å². The fourth-order valence-corrected chi connectivity index (χ4v) is 2.10. The number of fused-ring (bicyclic) bond motifs is 3. The summed E-state index contributed by atoms with van der Waals surface area (Å²) >= 11 is 6.03. The first-order valence-electron chi connectivity index (χ1n) is 5.01. The number of aromatic amines is 1. The fraction of sp³-hybridized carbons (Fsp3) is 0.0909. The van der Waals surface area contributed by atoms with Crippen molar-refractivity contribution in [1.82, 2.24) is 14.4 Å². The highest BCUT2D eigenvalue weighted by molar-refractivity contribution is 6.35. The number of carbonyl (C=O) groups is 1. The predicted octanol–water partition coefficient (Wildman–Crippen LogP) is 2.10. The maximum Gasteiger partial charge on any atom is 0.309 e. The molecule has 86 valence electrons. The average Bonchev–Trinajstić information content (AvgIpc) is 2.75. The van der Waals surface area contributed by atoms with Gasteiger partial charge in [-0.25, -0.2) is 4.98 Å². The molecule has 0 spiro atoms. The second-order valence-electron chi connectivity index (χ2n) is 3.76. The van der Waals surface area contributed by atoms with E-state index in [-0.39, 0.29) is 6.42 Å². The van der Waals surface area contributed by atoms with Crippen molar-refractivity contribution in [3.8, 4) is 0 Å². The third-order valence-corrected chi connectivity index (χ3v) is 2.87. The van der Waals surface area contributed by atoms with E-state index in [0.29, 0.717) is 22.0 Å². The number of benzene rings is 1. The molecule has 2 N–H and O–H groups in total. The number of aromatic nitrogens is 3. The van der Waals surface area contributed by atoms with Crippen LogP contribution in [0.2, 0.25) is 5.02 Å². The second kappa shape index (κ2) is 3.49. The predicted molar refractivity (Wildman–Crippen MR) is 63.4 cm³/mol. The Labute approximate surface area is 101 Å². The summed E-state index contributed by atoms with van der Waals surface area (Å²) in [4.78, 5) is 17.9. The Bertz CT molecular complexity index is 729. The highest BCUT2D eigenvalue weighted by Gasteiger charge is 2.11. The fourth-order valence-electron chi connectivity index (χ4n) is 1.89. The minimum absolute atomic E-state index is 0.0502. The van der Waals surface area contributed by atoms with Crippen LogP contribution in [0.15, 0.2) is 24.4 Å². The molecule has 3 aromatic rings. The number of halogens is 1. The zero-order chi connectivity index (χ0) is 12.0. The highest BCUT2D eigenvalue weighted by atomic mass is 35.5. The number of para-hydroxylation sites is 1. The van der Waals surface area contributed by atoms with Gasteiger partial charge in [0.1, 0.15) is 5.52 Å².